The average molecular weight is 655 g/mol. The Morgan fingerprint density at radius 1 is 0.294 bits per heavy atom. The van der Waals surface area contributed by atoms with Crippen molar-refractivity contribution in [2.75, 3.05) is 14.7 Å². The van der Waals surface area contributed by atoms with Crippen molar-refractivity contribution < 1.29 is 0 Å². The summed E-state index contributed by atoms with van der Waals surface area (Å²) in [5.41, 5.74) is 9.96. The van der Waals surface area contributed by atoms with Gasteiger partial charge in [0.25, 0.3) is 0 Å². The highest BCUT2D eigenvalue weighted by Crippen LogP contribution is 2.43. The molecule has 0 spiro atoms. The Balaban J connectivity index is 1.26. The van der Waals surface area contributed by atoms with Crippen molar-refractivity contribution in [2.24, 2.45) is 0 Å². The van der Waals surface area contributed by atoms with Crippen LogP contribution in [0.1, 0.15) is 5.56 Å². The molecular formula is C47H34N4. The van der Waals surface area contributed by atoms with Crippen LogP contribution < -0.4 is 14.7 Å². The van der Waals surface area contributed by atoms with Crippen LogP contribution in [0.2, 0.25) is 0 Å². The summed E-state index contributed by atoms with van der Waals surface area (Å²) >= 11 is 0. The molecule has 8 aromatic carbocycles. The zero-order valence-corrected chi connectivity index (χ0v) is 27.9. The number of nitriles is 1. The van der Waals surface area contributed by atoms with Gasteiger partial charge in [-0.2, -0.15) is 5.26 Å². The number of anilines is 9. The minimum Gasteiger partial charge on any atom is -0.311 e. The van der Waals surface area contributed by atoms with E-state index >= 15 is 0 Å². The predicted octanol–water partition coefficient (Wildman–Crippen LogP) is 13.1. The SMILES string of the molecule is N#Cc1cccc2cccc(N(c3ccc(N(c4ccccc4)c4ccccc4)cc3)c3ccc(N(c4ccccc4)c4ccccc4)cc3)c12. The summed E-state index contributed by atoms with van der Waals surface area (Å²) < 4.78 is 0. The summed E-state index contributed by atoms with van der Waals surface area (Å²) in [6.45, 7) is 0. The van der Waals surface area contributed by atoms with Gasteiger partial charge < -0.3 is 14.7 Å². The maximum atomic E-state index is 10.2. The molecule has 4 nitrogen and oxygen atoms in total. The van der Waals surface area contributed by atoms with Crippen molar-refractivity contribution in [3.8, 4) is 6.07 Å². The minimum absolute atomic E-state index is 0.639. The quantitative estimate of drug-likeness (QED) is 0.155. The summed E-state index contributed by atoms with van der Waals surface area (Å²) in [5, 5.41) is 12.2. The van der Waals surface area contributed by atoms with Gasteiger partial charge >= 0.3 is 0 Å². The molecule has 4 heteroatoms. The smallest absolute Gasteiger partial charge is 0.0998 e. The minimum atomic E-state index is 0.639. The molecule has 242 valence electrons. The Morgan fingerprint density at radius 2 is 0.608 bits per heavy atom. The van der Waals surface area contributed by atoms with Gasteiger partial charge in [0.1, 0.15) is 0 Å². The van der Waals surface area contributed by atoms with Gasteiger partial charge in [-0.15, -0.1) is 0 Å². The number of benzene rings is 8. The number of rotatable bonds is 9. The van der Waals surface area contributed by atoms with Crippen LogP contribution in [0.15, 0.2) is 206 Å². The molecule has 0 saturated carbocycles. The number of fused-ring (bicyclic) bond motifs is 1. The Morgan fingerprint density at radius 3 is 0.961 bits per heavy atom. The second kappa shape index (κ2) is 14.2. The van der Waals surface area contributed by atoms with Gasteiger partial charge in [-0.3, -0.25) is 0 Å². The molecule has 0 heterocycles. The van der Waals surface area contributed by atoms with E-state index in [0.717, 1.165) is 62.0 Å². The number of nitrogens with zero attached hydrogens (tertiary/aromatic N) is 4. The molecule has 51 heavy (non-hydrogen) atoms. The van der Waals surface area contributed by atoms with Crippen LogP contribution in [0, 0.1) is 11.3 Å². The first-order chi connectivity index (χ1) is 25.3. The topological polar surface area (TPSA) is 33.5 Å². The molecule has 0 aliphatic heterocycles. The summed E-state index contributed by atoms with van der Waals surface area (Å²) in [7, 11) is 0. The maximum Gasteiger partial charge on any atom is 0.0998 e. The maximum absolute atomic E-state index is 10.2. The summed E-state index contributed by atoms with van der Waals surface area (Å²) in [6.07, 6.45) is 0. The van der Waals surface area contributed by atoms with Gasteiger partial charge in [-0.25, -0.2) is 0 Å². The molecule has 0 aliphatic carbocycles. The van der Waals surface area contributed by atoms with Gasteiger partial charge in [-0.05, 0) is 115 Å². The third-order valence-electron chi connectivity index (χ3n) is 9.03. The molecule has 8 aromatic rings. The molecule has 8 rings (SSSR count). The molecule has 0 fully saturated rings. The highest BCUT2D eigenvalue weighted by Gasteiger charge is 2.20. The largest absolute Gasteiger partial charge is 0.311 e. The van der Waals surface area contributed by atoms with Gasteiger partial charge in [0.2, 0.25) is 0 Å². The second-order valence-electron chi connectivity index (χ2n) is 12.2. The van der Waals surface area contributed by atoms with E-state index < -0.39 is 0 Å². The number of hydrogen-bond donors (Lipinski definition) is 0. The Labute approximate surface area is 298 Å². The van der Waals surface area contributed by atoms with E-state index in [0.29, 0.717) is 5.56 Å². The van der Waals surface area contributed by atoms with Crippen molar-refractivity contribution in [3.05, 3.63) is 212 Å². The molecule has 0 unspecified atom stereocenters. The van der Waals surface area contributed by atoms with E-state index in [2.05, 4.69) is 191 Å². The monoisotopic (exact) mass is 654 g/mol. The second-order valence-corrected chi connectivity index (χ2v) is 12.2. The van der Waals surface area contributed by atoms with E-state index in [1.54, 1.807) is 0 Å². The fourth-order valence-corrected chi connectivity index (χ4v) is 6.73. The first kappa shape index (κ1) is 31.2. The van der Waals surface area contributed by atoms with E-state index in [9.17, 15) is 5.26 Å². The third-order valence-corrected chi connectivity index (χ3v) is 9.03. The van der Waals surface area contributed by atoms with Gasteiger partial charge in [-0.1, -0.05) is 97.1 Å². The van der Waals surface area contributed by atoms with Crippen LogP contribution >= 0.6 is 0 Å². The van der Waals surface area contributed by atoms with Gasteiger partial charge in [0, 0.05) is 50.9 Å². The van der Waals surface area contributed by atoms with Crippen molar-refractivity contribution in [1.29, 1.82) is 5.26 Å². The van der Waals surface area contributed by atoms with Crippen LogP contribution in [-0.4, -0.2) is 0 Å². The molecule has 0 radical (unpaired) electrons. The summed E-state index contributed by atoms with van der Waals surface area (Å²) in [4.78, 5) is 6.77. The van der Waals surface area contributed by atoms with E-state index in [1.807, 2.05) is 36.4 Å². The molecular weight excluding hydrogens is 621 g/mol. The van der Waals surface area contributed by atoms with Crippen molar-refractivity contribution in [3.63, 3.8) is 0 Å². The Hall–Kier alpha value is -7.09. The first-order valence-corrected chi connectivity index (χ1v) is 17.0. The lowest BCUT2D eigenvalue weighted by Gasteiger charge is -2.30. The van der Waals surface area contributed by atoms with Crippen molar-refractivity contribution in [1.82, 2.24) is 0 Å². The Kier molecular flexibility index (Phi) is 8.67. The lowest BCUT2D eigenvalue weighted by molar-refractivity contribution is 1.25. The van der Waals surface area contributed by atoms with Crippen LogP contribution in [-0.2, 0) is 0 Å². The van der Waals surface area contributed by atoms with E-state index in [4.69, 9.17) is 0 Å². The normalized spacial score (nSPS) is 10.7. The lowest BCUT2D eigenvalue weighted by atomic mass is 10.0. The molecule has 0 aliphatic rings. The van der Waals surface area contributed by atoms with Gasteiger partial charge in [0.15, 0.2) is 0 Å². The van der Waals surface area contributed by atoms with E-state index in [-0.39, 0.29) is 0 Å². The standard InChI is InChI=1S/C47H34N4/c48-35-37-17-13-15-36-16-14-26-46(47(36)37)51(44-31-27-42(28-32-44)49(38-18-5-1-6-19-38)39-20-7-2-8-21-39)45-33-29-43(30-34-45)50(40-22-9-3-10-23-40)41-24-11-4-12-25-41/h1-34H. The molecule has 0 bridgehead atoms. The molecule has 0 saturated heterocycles. The average Bonchev–Trinajstić information content (AvgIpc) is 3.21. The summed E-state index contributed by atoms with van der Waals surface area (Å²) in [6, 6.07) is 73.6. The highest BCUT2D eigenvalue weighted by molar-refractivity contribution is 6.02. The molecule has 0 atom stereocenters. The van der Waals surface area contributed by atoms with Crippen LogP contribution in [0.3, 0.4) is 0 Å². The van der Waals surface area contributed by atoms with Gasteiger partial charge in [0.05, 0.1) is 17.3 Å². The molecule has 0 amide bonds. The van der Waals surface area contributed by atoms with Crippen LogP contribution in [0.25, 0.3) is 10.8 Å². The summed E-state index contributed by atoms with van der Waals surface area (Å²) in [5.74, 6) is 0. The van der Waals surface area contributed by atoms with E-state index in [1.165, 1.54) is 0 Å². The first-order valence-electron chi connectivity index (χ1n) is 17.0. The Bertz CT molecular complexity index is 2190. The zero-order valence-electron chi connectivity index (χ0n) is 27.9. The van der Waals surface area contributed by atoms with Crippen molar-refractivity contribution >= 4 is 62.0 Å². The third kappa shape index (κ3) is 6.28. The predicted molar refractivity (Wildman–Crippen MR) is 213 cm³/mol. The number of hydrogen-bond acceptors (Lipinski definition) is 4. The van der Waals surface area contributed by atoms with Crippen LogP contribution in [0.4, 0.5) is 51.2 Å². The fourth-order valence-electron chi connectivity index (χ4n) is 6.73. The highest BCUT2D eigenvalue weighted by atomic mass is 15.2. The fraction of sp³-hybridized carbons (Fsp3) is 0. The molecule has 0 N–H and O–H groups in total. The van der Waals surface area contributed by atoms with Crippen molar-refractivity contribution in [2.45, 2.75) is 0 Å². The van der Waals surface area contributed by atoms with Crippen LogP contribution in [0.5, 0.6) is 0 Å². The number of para-hydroxylation sites is 4. The zero-order chi connectivity index (χ0) is 34.4. The lowest BCUT2D eigenvalue weighted by Crippen LogP contribution is -2.13. The molecule has 0 aromatic heterocycles.